The fraction of sp³-hybridized carbons (Fsp3) is 0.533. The molecule has 3 rings (SSSR count). The third-order valence-corrected chi connectivity index (χ3v) is 6.19. The predicted octanol–water partition coefficient (Wildman–Crippen LogP) is 4.04. The van der Waals surface area contributed by atoms with E-state index in [0.717, 1.165) is 35.3 Å². The highest BCUT2D eigenvalue weighted by Crippen LogP contribution is 2.29. The van der Waals surface area contributed by atoms with E-state index >= 15 is 0 Å². The maximum atomic E-state index is 5.83. The van der Waals surface area contributed by atoms with Gasteiger partial charge in [-0.3, -0.25) is 4.90 Å². The second-order valence-electron chi connectivity index (χ2n) is 5.29. The van der Waals surface area contributed by atoms with Gasteiger partial charge in [-0.15, -0.1) is 11.3 Å². The van der Waals surface area contributed by atoms with E-state index in [0.29, 0.717) is 11.3 Å². The fourth-order valence-corrected chi connectivity index (χ4v) is 4.30. The summed E-state index contributed by atoms with van der Waals surface area (Å²) in [5, 5.41) is 2.74. The first kappa shape index (κ1) is 14.2. The number of hydrogen-bond acceptors (Lipinski definition) is 5. The molecule has 2 aromatic heterocycles. The molecule has 2 atom stereocenters. The van der Waals surface area contributed by atoms with Crippen molar-refractivity contribution < 1.29 is 4.42 Å². The minimum atomic E-state index is 0.593. The van der Waals surface area contributed by atoms with Crippen molar-refractivity contribution >= 4 is 23.1 Å². The molecule has 1 saturated heterocycles. The molecule has 1 aliphatic heterocycles. The number of aromatic nitrogens is 1. The fourth-order valence-electron chi connectivity index (χ4n) is 2.49. The molecule has 0 amide bonds. The number of rotatable bonds is 3. The average Bonchev–Trinajstić information content (AvgIpc) is 3.05. The third kappa shape index (κ3) is 2.80. The molecule has 3 nitrogen and oxygen atoms in total. The van der Waals surface area contributed by atoms with Crippen LogP contribution in [-0.4, -0.2) is 33.5 Å². The summed E-state index contributed by atoms with van der Waals surface area (Å²) in [6.07, 6.45) is 0. The van der Waals surface area contributed by atoms with E-state index in [9.17, 15) is 0 Å². The van der Waals surface area contributed by atoms with Crippen LogP contribution in [-0.2, 0) is 6.54 Å². The van der Waals surface area contributed by atoms with E-state index in [4.69, 9.17) is 9.40 Å². The first-order valence-electron chi connectivity index (χ1n) is 7.01. The minimum Gasteiger partial charge on any atom is -0.440 e. The zero-order valence-corrected chi connectivity index (χ0v) is 13.8. The Hall–Kier alpha value is -0.780. The molecule has 20 heavy (non-hydrogen) atoms. The number of thiophene rings is 1. The maximum absolute atomic E-state index is 5.83. The average molecular weight is 308 g/mol. The first-order chi connectivity index (χ1) is 9.65. The Morgan fingerprint density at radius 2 is 2.30 bits per heavy atom. The van der Waals surface area contributed by atoms with Gasteiger partial charge in [0.15, 0.2) is 0 Å². The normalized spacial score (nSPS) is 24.1. The summed E-state index contributed by atoms with van der Waals surface area (Å²) >= 11 is 3.74. The van der Waals surface area contributed by atoms with Crippen LogP contribution in [0.15, 0.2) is 21.9 Å². The third-order valence-electron chi connectivity index (χ3n) is 3.99. The van der Waals surface area contributed by atoms with Gasteiger partial charge < -0.3 is 4.42 Å². The molecule has 3 heterocycles. The Bertz CT molecular complexity index is 564. The van der Waals surface area contributed by atoms with Gasteiger partial charge in [-0.05, 0) is 25.3 Å². The Morgan fingerprint density at radius 3 is 3.05 bits per heavy atom. The lowest BCUT2D eigenvalue weighted by Gasteiger charge is -2.37. The molecule has 0 N–H and O–H groups in total. The molecule has 5 heteroatoms. The molecule has 2 unspecified atom stereocenters. The van der Waals surface area contributed by atoms with Crippen molar-refractivity contribution in [2.24, 2.45) is 0 Å². The van der Waals surface area contributed by atoms with Crippen LogP contribution in [0.25, 0.3) is 10.8 Å². The molecular weight excluding hydrogens is 288 g/mol. The summed E-state index contributed by atoms with van der Waals surface area (Å²) in [6, 6.07) is 4.68. The van der Waals surface area contributed by atoms with Gasteiger partial charge in [0.05, 0.1) is 10.6 Å². The lowest BCUT2D eigenvalue weighted by atomic mass is 10.2. The summed E-state index contributed by atoms with van der Waals surface area (Å²) in [5.74, 6) is 2.92. The van der Waals surface area contributed by atoms with Gasteiger partial charge in [0.25, 0.3) is 0 Å². The molecule has 0 saturated carbocycles. The lowest BCUT2D eigenvalue weighted by Crippen LogP contribution is -2.44. The number of aryl methyl sites for hydroxylation is 1. The lowest BCUT2D eigenvalue weighted by molar-refractivity contribution is 0.201. The molecule has 0 aromatic carbocycles. The number of oxazole rings is 1. The smallest absolute Gasteiger partial charge is 0.236 e. The van der Waals surface area contributed by atoms with Crippen molar-refractivity contribution in [1.29, 1.82) is 0 Å². The summed E-state index contributed by atoms with van der Waals surface area (Å²) in [6.45, 7) is 8.68. The Morgan fingerprint density at radius 1 is 1.45 bits per heavy atom. The largest absolute Gasteiger partial charge is 0.440 e. The Kier molecular flexibility index (Phi) is 4.19. The Labute approximate surface area is 128 Å². The van der Waals surface area contributed by atoms with E-state index in [2.05, 4.69) is 42.0 Å². The van der Waals surface area contributed by atoms with Crippen molar-refractivity contribution in [2.45, 2.75) is 38.6 Å². The second kappa shape index (κ2) is 5.92. The summed E-state index contributed by atoms with van der Waals surface area (Å²) in [4.78, 5) is 8.33. The van der Waals surface area contributed by atoms with Crippen LogP contribution >= 0.6 is 23.1 Å². The molecule has 0 radical (unpaired) electrons. The Balaban J connectivity index is 1.77. The van der Waals surface area contributed by atoms with E-state index in [-0.39, 0.29) is 0 Å². The maximum Gasteiger partial charge on any atom is 0.236 e. The highest BCUT2D eigenvalue weighted by Gasteiger charge is 2.26. The van der Waals surface area contributed by atoms with Crippen LogP contribution in [0.5, 0.6) is 0 Å². The molecule has 1 aliphatic rings. The molecule has 108 valence electrons. The van der Waals surface area contributed by atoms with Gasteiger partial charge >= 0.3 is 0 Å². The van der Waals surface area contributed by atoms with Crippen LogP contribution in [0.2, 0.25) is 0 Å². The van der Waals surface area contributed by atoms with Gasteiger partial charge in [0.2, 0.25) is 5.89 Å². The first-order valence-corrected chi connectivity index (χ1v) is 8.94. The van der Waals surface area contributed by atoms with Crippen molar-refractivity contribution in [3.63, 3.8) is 0 Å². The van der Waals surface area contributed by atoms with Gasteiger partial charge in [-0.25, -0.2) is 4.98 Å². The van der Waals surface area contributed by atoms with Crippen molar-refractivity contribution in [1.82, 2.24) is 9.88 Å². The zero-order valence-electron chi connectivity index (χ0n) is 12.1. The zero-order chi connectivity index (χ0) is 14.1. The van der Waals surface area contributed by atoms with Crippen molar-refractivity contribution in [2.75, 3.05) is 12.3 Å². The molecular formula is C15H20N2OS2. The van der Waals surface area contributed by atoms with Crippen LogP contribution in [0.4, 0.5) is 0 Å². The van der Waals surface area contributed by atoms with E-state index in [1.165, 1.54) is 5.75 Å². The molecule has 0 aliphatic carbocycles. The standard InChI is InChI=1S/C15H20N2OS2/c1-10-12(3)19-8-6-17(10)9-13-11(2)18-15(16-13)14-5-4-7-20-14/h4-5,7,10,12H,6,8-9H2,1-3H3. The van der Waals surface area contributed by atoms with Crippen LogP contribution < -0.4 is 0 Å². The quantitative estimate of drug-likeness (QED) is 0.856. The SMILES string of the molecule is Cc1oc(-c2cccs2)nc1CN1CCSC(C)C1C. The molecule has 2 aromatic rings. The topological polar surface area (TPSA) is 29.3 Å². The van der Waals surface area contributed by atoms with Gasteiger partial charge in [-0.1, -0.05) is 13.0 Å². The monoisotopic (exact) mass is 308 g/mol. The molecule has 1 fully saturated rings. The van der Waals surface area contributed by atoms with E-state index in [1.807, 2.05) is 13.0 Å². The van der Waals surface area contributed by atoms with Gasteiger partial charge in [0.1, 0.15) is 5.76 Å². The summed E-state index contributed by atoms with van der Waals surface area (Å²) in [7, 11) is 0. The van der Waals surface area contributed by atoms with Crippen molar-refractivity contribution in [3.8, 4) is 10.8 Å². The molecule has 0 spiro atoms. The van der Waals surface area contributed by atoms with Crippen LogP contribution in [0, 0.1) is 6.92 Å². The number of hydrogen-bond donors (Lipinski definition) is 0. The van der Waals surface area contributed by atoms with Crippen molar-refractivity contribution in [3.05, 3.63) is 29.0 Å². The van der Waals surface area contributed by atoms with Gasteiger partial charge in [0, 0.05) is 30.1 Å². The number of thioether (sulfide) groups is 1. The highest BCUT2D eigenvalue weighted by molar-refractivity contribution is 8.00. The van der Waals surface area contributed by atoms with Gasteiger partial charge in [-0.2, -0.15) is 11.8 Å². The highest BCUT2D eigenvalue weighted by atomic mass is 32.2. The molecule has 0 bridgehead atoms. The predicted molar refractivity (Wildman–Crippen MR) is 86.3 cm³/mol. The minimum absolute atomic E-state index is 0.593. The summed E-state index contributed by atoms with van der Waals surface area (Å²) < 4.78 is 5.83. The van der Waals surface area contributed by atoms with Crippen LogP contribution in [0.1, 0.15) is 25.3 Å². The van der Waals surface area contributed by atoms with Crippen LogP contribution in [0.3, 0.4) is 0 Å². The summed E-state index contributed by atoms with van der Waals surface area (Å²) in [5.41, 5.74) is 1.08. The van der Waals surface area contributed by atoms with E-state index in [1.54, 1.807) is 11.3 Å². The number of nitrogens with zero attached hydrogens (tertiary/aromatic N) is 2. The second-order valence-corrected chi connectivity index (χ2v) is 7.72. The van der Waals surface area contributed by atoms with E-state index < -0.39 is 0 Å².